The van der Waals surface area contributed by atoms with Crippen LogP contribution in [0.5, 0.6) is 5.88 Å². The fraction of sp³-hybridized carbons (Fsp3) is 0.100. The number of aromatic hydroxyl groups is 1. The average Bonchev–Trinajstić information content (AvgIpc) is 2.52. The summed E-state index contributed by atoms with van der Waals surface area (Å²) in [5, 5.41) is 22.2. The fourth-order valence-corrected chi connectivity index (χ4v) is 1.68. The second-order valence-electron chi connectivity index (χ2n) is 3.28. The fourth-order valence-electron chi connectivity index (χ4n) is 1.68. The minimum absolute atomic E-state index is 0.0943. The molecular weight excluding hydrogens is 210 g/mol. The summed E-state index contributed by atoms with van der Waals surface area (Å²) in [5.74, 6) is -1.36. The van der Waals surface area contributed by atoms with Crippen LogP contribution in [-0.4, -0.2) is 20.7 Å². The zero-order valence-corrected chi connectivity index (χ0v) is 8.21. The first-order chi connectivity index (χ1) is 7.65. The van der Waals surface area contributed by atoms with Crippen LogP contribution in [-0.2, 0) is 11.3 Å². The number of nitrogens with zero attached hydrogens (tertiary/aromatic N) is 2. The van der Waals surface area contributed by atoms with Gasteiger partial charge in [-0.2, -0.15) is 5.11 Å². The Kier molecular flexibility index (Phi) is 2.32. The van der Waals surface area contributed by atoms with E-state index in [4.69, 9.17) is 10.6 Å². The van der Waals surface area contributed by atoms with Gasteiger partial charge < -0.3 is 10.2 Å². The Morgan fingerprint density at radius 1 is 1.44 bits per heavy atom. The number of carboxylic acids is 1. The lowest BCUT2D eigenvalue weighted by molar-refractivity contribution is -0.137. The van der Waals surface area contributed by atoms with Gasteiger partial charge in [0, 0.05) is 5.39 Å². The summed E-state index contributed by atoms with van der Waals surface area (Å²) in [5.41, 5.74) is 7.61. The number of carbonyl (C=O) groups is 1. The minimum Gasteiger partial charge on any atom is -0.493 e. The number of hydrogen-bond acceptors (Lipinski definition) is 4. The van der Waals surface area contributed by atoms with Crippen molar-refractivity contribution in [1.82, 2.24) is 4.57 Å². The molecular formula is C10H9N3O3. The van der Waals surface area contributed by atoms with Crippen LogP contribution in [0.3, 0.4) is 0 Å². The Labute approximate surface area is 90.2 Å². The highest BCUT2D eigenvalue weighted by Crippen LogP contribution is 2.38. The highest BCUT2D eigenvalue weighted by Gasteiger charge is 2.17. The van der Waals surface area contributed by atoms with Crippen molar-refractivity contribution in [2.24, 2.45) is 5.11 Å². The maximum Gasteiger partial charge on any atom is 0.323 e. The highest BCUT2D eigenvalue weighted by molar-refractivity contribution is 5.95. The molecule has 6 heteroatoms. The number of para-hydroxylation sites is 1. The molecule has 1 aromatic heterocycles. The largest absolute Gasteiger partial charge is 0.493 e. The van der Waals surface area contributed by atoms with Gasteiger partial charge in [-0.1, -0.05) is 18.2 Å². The maximum atomic E-state index is 10.7. The second-order valence-corrected chi connectivity index (χ2v) is 3.28. The Morgan fingerprint density at radius 3 is 2.75 bits per heavy atom. The summed E-state index contributed by atoms with van der Waals surface area (Å²) in [6, 6.07) is 6.82. The van der Waals surface area contributed by atoms with Crippen LogP contribution in [0.25, 0.3) is 10.9 Å². The van der Waals surface area contributed by atoms with Crippen molar-refractivity contribution in [2.75, 3.05) is 0 Å². The number of rotatable bonds is 3. The Bertz CT molecular complexity index is 574. The normalized spacial score (nSPS) is 10.5. The van der Waals surface area contributed by atoms with Gasteiger partial charge in [0.1, 0.15) is 6.54 Å². The van der Waals surface area contributed by atoms with Gasteiger partial charge in [0.2, 0.25) is 5.88 Å². The van der Waals surface area contributed by atoms with E-state index in [2.05, 4.69) is 5.11 Å². The molecule has 0 unspecified atom stereocenters. The summed E-state index contributed by atoms with van der Waals surface area (Å²) < 4.78 is 1.21. The third-order valence-electron chi connectivity index (χ3n) is 2.32. The van der Waals surface area contributed by atoms with Gasteiger partial charge in [-0.15, -0.1) is 0 Å². The van der Waals surface area contributed by atoms with Crippen molar-refractivity contribution in [3.05, 3.63) is 24.3 Å². The summed E-state index contributed by atoms with van der Waals surface area (Å²) in [6.45, 7) is -0.359. The predicted molar refractivity (Wildman–Crippen MR) is 56.0 cm³/mol. The number of nitrogens with one attached hydrogen (secondary N) is 1. The second kappa shape index (κ2) is 3.65. The average molecular weight is 219 g/mol. The van der Waals surface area contributed by atoms with Gasteiger partial charge in [0.15, 0.2) is 5.69 Å². The quantitative estimate of drug-likeness (QED) is 0.689. The third-order valence-corrected chi connectivity index (χ3v) is 2.32. The van der Waals surface area contributed by atoms with Crippen molar-refractivity contribution in [3.63, 3.8) is 0 Å². The van der Waals surface area contributed by atoms with E-state index in [0.29, 0.717) is 10.9 Å². The van der Waals surface area contributed by atoms with Gasteiger partial charge in [-0.05, 0) is 6.07 Å². The van der Waals surface area contributed by atoms with Crippen LogP contribution in [0.2, 0.25) is 0 Å². The van der Waals surface area contributed by atoms with Gasteiger partial charge >= 0.3 is 5.97 Å². The Hall–Kier alpha value is -2.37. The molecule has 6 nitrogen and oxygen atoms in total. The molecule has 0 fully saturated rings. The smallest absolute Gasteiger partial charge is 0.323 e. The van der Waals surface area contributed by atoms with E-state index < -0.39 is 5.97 Å². The molecule has 1 aromatic carbocycles. The SMILES string of the molecule is N=Nc1c(O)n(CC(=O)O)c2ccccc12. The molecule has 0 bridgehead atoms. The monoisotopic (exact) mass is 219 g/mol. The molecule has 0 atom stereocenters. The molecule has 0 aliphatic heterocycles. The standard InChI is InChI=1S/C10H9N3O3/c11-12-9-6-3-1-2-4-7(6)13(10(9)16)5-8(14)15/h1-4,11,16H,5H2,(H,14,15). The van der Waals surface area contributed by atoms with Crippen LogP contribution in [0, 0.1) is 5.53 Å². The van der Waals surface area contributed by atoms with E-state index in [1.165, 1.54) is 4.57 Å². The topological polar surface area (TPSA) is 98.7 Å². The lowest BCUT2D eigenvalue weighted by atomic mass is 10.2. The van der Waals surface area contributed by atoms with Gasteiger partial charge in [0.25, 0.3) is 0 Å². The molecule has 2 aromatic rings. The summed E-state index contributed by atoms with van der Waals surface area (Å²) in [6.07, 6.45) is 0. The number of benzene rings is 1. The molecule has 1 heterocycles. The highest BCUT2D eigenvalue weighted by atomic mass is 16.4. The number of carboxylic acid groups (broad SMARTS) is 1. The molecule has 3 N–H and O–H groups in total. The maximum absolute atomic E-state index is 10.7. The van der Waals surface area contributed by atoms with Crippen LogP contribution in [0.4, 0.5) is 5.69 Å². The summed E-state index contributed by atoms with van der Waals surface area (Å²) in [7, 11) is 0. The summed E-state index contributed by atoms with van der Waals surface area (Å²) >= 11 is 0. The predicted octanol–water partition coefficient (Wildman–Crippen LogP) is 2.09. The Morgan fingerprint density at radius 2 is 2.12 bits per heavy atom. The summed E-state index contributed by atoms with van der Waals surface area (Å²) in [4.78, 5) is 10.7. The van der Waals surface area contributed by atoms with Crippen LogP contribution in [0.15, 0.2) is 29.4 Å². The molecule has 0 amide bonds. The van der Waals surface area contributed by atoms with Crippen molar-refractivity contribution < 1.29 is 15.0 Å². The molecule has 82 valence electrons. The van der Waals surface area contributed by atoms with Gasteiger partial charge in [-0.25, -0.2) is 5.53 Å². The molecule has 0 radical (unpaired) electrons. The van der Waals surface area contributed by atoms with Gasteiger partial charge in [0.05, 0.1) is 5.52 Å². The molecule has 0 saturated heterocycles. The van der Waals surface area contributed by atoms with E-state index >= 15 is 0 Å². The lowest BCUT2D eigenvalue weighted by Gasteiger charge is -2.01. The first-order valence-corrected chi connectivity index (χ1v) is 4.54. The van der Waals surface area contributed by atoms with E-state index in [1.54, 1.807) is 24.3 Å². The third kappa shape index (κ3) is 1.40. The van der Waals surface area contributed by atoms with E-state index in [1.807, 2.05) is 0 Å². The minimum atomic E-state index is -1.06. The first kappa shape index (κ1) is 10.2. The number of fused-ring (bicyclic) bond motifs is 1. The molecule has 0 saturated carbocycles. The Balaban J connectivity index is 2.76. The van der Waals surface area contributed by atoms with Crippen LogP contribution < -0.4 is 0 Å². The van der Waals surface area contributed by atoms with Crippen molar-refractivity contribution in [2.45, 2.75) is 6.54 Å². The zero-order chi connectivity index (χ0) is 11.7. The zero-order valence-electron chi connectivity index (χ0n) is 8.21. The first-order valence-electron chi connectivity index (χ1n) is 4.54. The van der Waals surface area contributed by atoms with Crippen molar-refractivity contribution in [3.8, 4) is 5.88 Å². The van der Waals surface area contributed by atoms with Crippen LogP contribution in [0.1, 0.15) is 0 Å². The number of aromatic nitrogens is 1. The van der Waals surface area contributed by atoms with E-state index in [9.17, 15) is 9.90 Å². The number of hydrogen-bond donors (Lipinski definition) is 3. The molecule has 16 heavy (non-hydrogen) atoms. The van der Waals surface area contributed by atoms with Crippen molar-refractivity contribution in [1.29, 1.82) is 5.53 Å². The van der Waals surface area contributed by atoms with E-state index in [0.717, 1.165) is 0 Å². The van der Waals surface area contributed by atoms with E-state index in [-0.39, 0.29) is 18.1 Å². The van der Waals surface area contributed by atoms with Crippen LogP contribution >= 0.6 is 0 Å². The number of aliphatic carboxylic acids is 1. The molecule has 0 spiro atoms. The van der Waals surface area contributed by atoms with Crippen molar-refractivity contribution >= 4 is 22.6 Å². The molecule has 0 aliphatic carbocycles. The lowest BCUT2D eigenvalue weighted by Crippen LogP contribution is -2.07. The van der Waals surface area contributed by atoms with Gasteiger partial charge in [-0.3, -0.25) is 9.36 Å². The molecule has 2 rings (SSSR count). The molecule has 0 aliphatic rings.